The van der Waals surface area contributed by atoms with Crippen molar-refractivity contribution < 1.29 is 0 Å². The maximum Gasteiger partial charge on any atom is 0.140 e. The molecule has 1 heterocycles. The van der Waals surface area contributed by atoms with E-state index >= 15 is 0 Å². The van der Waals surface area contributed by atoms with E-state index in [1.165, 1.54) is 5.56 Å². The van der Waals surface area contributed by atoms with Crippen LogP contribution in [0.4, 0.5) is 5.82 Å². The Hall–Kier alpha value is -2.77. The molecule has 2 aromatic carbocycles. The number of hydrogen-bond donors (Lipinski definition) is 1. The molecule has 2 N–H and O–H groups in total. The second kappa shape index (κ2) is 6.77. The third-order valence-corrected chi connectivity index (χ3v) is 4.13. The highest BCUT2D eigenvalue weighted by molar-refractivity contribution is 6.30. The standard InChI is InChI=1S/C19H17ClN4/c1-13-3-2-4-15(9-13)10-18-17(11-21)19(22)24(23-18)12-14-5-7-16(20)8-6-14/h2-9H,10,12,22H2,1H3. The van der Waals surface area contributed by atoms with Gasteiger partial charge in [0.05, 0.1) is 12.2 Å². The highest BCUT2D eigenvalue weighted by Gasteiger charge is 2.16. The number of nitrogen functional groups attached to an aromatic ring is 1. The maximum absolute atomic E-state index is 9.45. The van der Waals surface area contributed by atoms with E-state index in [0.29, 0.717) is 35.1 Å². The topological polar surface area (TPSA) is 67.6 Å². The van der Waals surface area contributed by atoms with Crippen LogP contribution in [0.1, 0.15) is 27.9 Å². The Morgan fingerprint density at radius 1 is 1.17 bits per heavy atom. The molecule has 0 spiro atoms. The number of halogens is 1. The molecule has 0 unspecified atom stereocenters. The fraction of sp³-hybridized carbons (Fsp3) is 0.158. The normalized spacial score (nSPS) is 10.5. The minimum absolute atomic E-state index is 0.398. The van der Waals surface area contributed by atoms with Gasteiger partial charge in [-0.2, -0.15) is 10.4 Å². The van der Waals surface area contributed by atoms with Crippen molar-refractivity contribution in [2.45, 2.75) is 19.9 Å². The van der Waals surface area contributed by atoms with Crippen molar-refractivity contribution >= 4 is 17.4 Å². The van der Waals surface area contributed by atoms with E-state index in [0.717, 1.165) is 11.1 Å². The van der Waals surface area contributed by atoms with Crippen LogP contribution in [0.2, 0.25) is 5.02 Å². The summed E-state index contributed by atoms with van der Waals surface area (Å²) < 4.78 is 1.67. The SMILES string of the molecule is Cc1cccc(Cc2nn(Cc3ccc(Cl)cc3)c(N)c2C#N)c1. The summed E-state index contributed by atoms with van der Waals surface area (Å²) in [5.74, 6) is 0.398. The number of hydrogen-bond acceptors (Lipinski definition) is 3. The quantitative estimate of drug-likeness (QED) is 0.784. The molecule has 0 radical (unpaired) electrons. The second-order valence-corrected chi connectivity index (χ2v) is 6.21. The highest BCUT2D eigenvalue weighted by Crippen LogP contribution is 2.21. The van der Waals surface area contributed by atoms with Gasteiger partial charge in [-0.25, -0.2) is 4.68 Å². The number of anilines is 1. The van der Waals surface area contributed by atoms with Crippen molar-refractivity contribution in [1.82, 2.24) is 9.78 Å². The van der Waals surface area contributed by atoms with Gasteiger partial charge in [0.15, 0.2) is 0 Å². The minimum atomic E-state index is 0.398. The van der Waals surface area contributed by atoms with Crippen LogP contribution in [-0.2, 0) is 13.0 Å². The summed E-state index contributed by atoms with van der Waals surface area (Å²) in [6.45, 7) is 2.55. The summed E-state index contributed by atoms with van der Waals surface area (Å²) in [5.41, 5.74) is 10.6. The predicted molar refractivity (Wildman–Crippen MR) is 95.9 cm³/mol. The van der Waals surface area contributed by atoms with E-state index < -0.39 is 0 Å². The Bertz CT molecular complexity index is 904. The zero-order valence-corrected chi connectivity index (χ0v) is 14.1. The van der Waals surface area contributed by atoms with Gasteiger partial charge in [0.2, 0.25) is 0 Å². The van der Waals surface area contributed by atoms with Gasteiger partial charge in [-0.3, -0.25) is 0 Å². The number of nitrogens with zero attached hydrogens (tertiary/aromatic N) is 3. The molecule has 0 saturated heterocycles. The van der Waals surface area contributed by atoms with E-state index in [2.05, 4.69) is 17.2 Å². The Kier molecular flexibility index (Phi) is 4.54. The first kappa shape index (κ1) is 16.1. The molecular weight excluding hydrogens is 320 g/mol. The van der Waals surface area contributed by atoms with E-state index in [1.807, 2.05) is 49.4 Å². The van der Waals surface area contributed by atoms with Crippen LogP contribution in [0.25, 0.3) is 0 Å². The second-order valence-electron chi connectivity index (χ2n) is 5.77. The van der Waals surface area contributed by atoms with Crippen molar-refractivity contribution in [2.75, 3.05) is 5.73 Å². The third kappa shape index (κ3) is 3.42. The van der Waals surface area contributed by atoms with Crippen LogP contribution >= 0.6 is 11.6 Å². The van der Waals surface area contributed by atoms with E-state index in [-0.39, 0.29) is 0 Å². The van der Waals surface area contributed by atoms with Crippen LogP contribution in [0.5, 0.6) is 0 Å². The predicted octanol–water partition coefficient (Wildman–Crippen LogP) is 3.94. The first-order valence-corrected chi connectivity index (χ1v) is 8.00. The van der Waals surface area contributed by atoms with Gasteiger partial charge in [0.1, 0.15) is 17.5 Å². The lowest BCUT2D eigenvalue weighted by molar-refractivity contribution is 0.684. The van der Waals surface area contributed by atoms with Gasteiger partial charge in [-0.15, -0.1) is 0 Å². The molecule has 0 aliphatic rings. The lowest BCUT2D eigenvalue weighted by Gasteiger charge is -2.04. The van der Waals surface area contributed by atoms with Crippen LogP contribution in [0.15, 0.2) is 48.5 Å². The van der Waals surface area contributed by atoms with Crippen LogP contribution < -0.4 is 5.73 Å². The number of nitrogens with two attached hydrogens (primary N) is 1. The third-order valence-electron chi connectivity index (χ3n) is 3.88. The Morgan fingerprint density at radius 2 is 1.92 bits per heavy atom. The summed E-state index contributed by atoms with van der Waals surface area (Å²) in [6, 6.07) is 17.9. The molecular formula is C19H17ClN4. The summed E-state index contributed by atoms with van der Waals surface area (Å²) in [7, 11) is 0. The van der Waals surface area contributed by atoms with Crippen molar-refractivity contribution in [2.24, 2.45) is 0 Å². The van der Waals surface area contributed by atoms with Gasteiger partial charge in [0, 0.05) is 11.4 Å². The first-order chi connectivity index (χ1) is 11.6. The molecule has 4 nitrogen and oxygen atoms in total. The molecule has 3 aromatic rings. The monoisotopic (exact) mass is 336 g/mol. The van der Waals surface area contributed by atoms with Gasteiger partial charge in [-0.05, 0) is 30.2 Å². The Morgan fingerprint density at radius 3 is 2.58 bits per heavy atom. The molecule has 0 fully saturated rings. The number of rotatable bonds is 4. The van der Waals surface area contributed by atoms with Crippen LogP contribution in [-0.4, -0.2) is 9.78 Å². The Balaban J connectivity index is 1.91. The van der Waals surface area contributed by atoms with E-state index in [9.17, 15) is 5.26 Å². The first-order valence-electron chi connectivity index (χ1n) is 7.62. The number of aryl methyl sites for hydroxylation is 1. The molecule has 5 heteroatoms. The van der Waals surface area contributed by atoms with Crippen LogP contribution in [0, 0.1) is 18.3 Å². The molecule has 0 saturated carbocycles. The van der Waals surface area contributed by atoms with Crippen LogP contribution in [0.3, 0.4) is 0 Å². The van der Waals surface area contributed by atoms with E-state index in [1.54, 1.807) is 4.68 Å². The van der Waals surface area contributed by atoms with Gasteiger partial charge in [0.25, 0.3) is 0 Å². The van der Waals surface area contributed by atoms with Gasteiger partial charge in [-0.1, -0.05) is 53.6 Å². The molecule has 0 atom stereocenters. The number of aromatic nitrogens is 2. The lowest BCUT2D eigenvalue weighted by atomic mass is 10.1. The number of nitriles is 1. The van der Waals surface area contributed by atoms with E-state index in [4.69, 9.17) is 17.3 Å². The fourth-order valence-electron chi connectivity index (χ4n) is 2.67. The maximum atomic E-state index is 9.45. The molecule has 0 amide bonds. The van der Waals surface area contributed by atoms with Crippen molar-refractivity contribution in [3.63, 3.8) is 0 Å². The zero-order chi connectivity index (χ0) is 17.1. The van der Waals surface area contributed by atoms with Gasteiger partial charge < -0.3 is 5.73 Å². The van der Waals surface area contributed by atoms with Crippen molar-refractivity contribution in [3.05, 3.63) is 81.5 Å². The molecule has 0 aliphatic carbocycles. The largest absolute Gasteiger partial charge is 0.383 e. The van der Waals surface area contributed by atoms with Crippen molar-refractivity contribution in [1.29, 1.82) is 5.26 Å². The average molecular weight is 337 g/mol. The average Bonchev–Trinajstić information content (AvgIpc) is 2.84. The molecule has 0 bridgehead atoms. The Labute approximate surface area is 146 Å². The molecule has 0 aliphatic heterocycles. The summed E-state index contributed by atoms with van der Waals surface area (Å²) in [6.07, 6.45) is 0.586. The highest BCUT2D eigenvalue weighted by atomic mass is 35.5. The molecule has 120 valence electrons. The molecule has 24 heavy (non-hydrogen) atoms. The zero-order valence-electron chi connectivity index (χ0n) is 13.3. The smallest absolute Gasteiger partial charge is 0.140 e. The fourth-order valence-corrected chi connectivity index (χ4v) is 2.80. The summed E-state index contributed by atoms with van der Waals surface area (Å²) >= 11 is 5.91. The summed E-state index contributed by atoms with van der Waals surface area (Å²) in [4.78, 5) is 0. The van der Waals surface area contributed by atoms with Crippen molar-refractivity contribution in [3.8, 4) is 6.07 Å². The number of benzene rings is 2. The minimum Gasteiger partial charge on any atom is -0.383 e. The molecule has 3 rings (SSSR count). The molecule has 1 aromatic heterocycles. The summed E-state index contributed by atoms with van der Waals surface area (Å²) in [5, 5.41) is 14.7. The lowest BCUT2D eigenvalue weighted by Crippen LogP contribution is -2.06. The van der Waals surface area contributed by atoms with Gasteiger partial charge >= 0.3 is 0 Å².